The average Bonchev–Trinajstić information content (AvgIpc) is 3.24. The van der Waals surface area contributed by atoms with E-state index in [1.54, 1.807) is 39.8 Å². The average molecular weight is 417 g/mol. The van der Waals surface area contributed by atoms with Gasteiger partial charge < -0.3 is 9.84 Å². The molecule has 0 saturated carbocycles. The molecule has 10 heteroatoms. The second-order valence-electron chi connectivity index (χ2n) is 5.93. The number of Topliss-reactive ketones (excluding diaryl/α,β-unsaturated/α-hetero) is 1. The zero-order chi connectivity index (χ0) is 19.5. The number of hydrogen-bond donors (Lipinski definition) is 1. The maximum atomic E-state index is 12.9. The summed E-state index contributed by atoms with van der Waals surface area (Å²) in [6.45, 7) is 0.361. The van der Waals surface area contributed by atoms with E-state index in [0.29, 0.717) is 16.7 Å². The van der Waals surface area contributed by atoms with Gasteiger partial charge in [-0.2, -0.15) is 4.40 Å². The van der Waals surface area contributed by atoms with Crippen molar-refractivity contribution in [2.75, 3.05) is 6.61 Å². The van der Waals surface area contributed by atoms with E-state index in [4.69, 9.17) is 16.3 Å². The number of hydrogen-bond acceptors (Lipinski definition) is 7. The normalized spacial score (nSPS) is 11.2. The van der Waals surface area contributed by atoms with Gasteiger partial charge in [-0.15, -0.1) is 11.3 Å². The van der Waals surface area contributed by atoms with Gasteiger partial charge in [0, 0.05) is 30.2 Å². The summed E-state index contributed by atoms with van der Waals surface area (Å²) >= 11 is 7.25. The molecule has 0 aliphatic carbocycles. The molecule has 0 unspecified atom stereocenters. The highest BCUT2D eigenvalue weighted by Gasteiger charge is 2.31. The lowest BCUT2D eigenvalue weighted by Crippen LogP contribution is -2.19. The van der Waals surface area contributed by atoms with Gasteiger partial charge in [-0.3, -0.25) is 4.79 Å². The Labute approximate surface area is 168 Å². The van der Waals surface area contributed by atoms with Crippen LogP contribution in [0.5, 0.6) is 5.88 Å². The molecule has 0 fully saturated rings. The van der Waals surface area contributed by atoms with Crippen molar-refractivity contribution < 1.29 is 19.0 Å². The standard InChI is InChI=1S/C18H14ClN5O3S/c19-18-22-7-13(28-18)8-24-15-3-1-2-4-23(15)17(26)16(24)14(25)10-27-9-12-5-20-11-21-6-12/h1-7,11H,8-10H2/p+1. The molecule has 0 aliphatic heterocycles. The van der Waals surface area contributed by atoms with Crippen LogP contribution in [0.15, 0.2) is 49.3 Å². The molecule has 0 bridgehead atoms. The summed E-state index contributed by atoms with van der Waals surface area (Å²) in [5, 5.41) is 10.6. The molecular weight excluding hydrogens is 402 g/mol. The van der Waals surface area contributed by atoms with Gasteiger partial charge in [0.1, 0.15) is 19.5 Å². The molecule has 0 saturated heterocycles. The highest BCUT2D eigenvalue weighted by atomic mass is 35.5. The first-order chi connectivity index (χ1) is 13.6. The van der Waals surface area contributed by atoms with Crippen LogP contribution in [0.2, 0.25) is 4.47 Å². The van der Waals surface area contributed by atoms with Crippen LogP contribution in [0.4, 0.5) is 0 Å². The summed E-state index contributed by atoms with van der Waals surface area (Å²) in [5.41, 5.74) is 1.60. The maximum Gasteiger partial charge on any atom is 0.339 e. The number of aromatic nitrogens is 5. The van der Waals surface area contributed by atoms with Crippen molar-refractivity contribution in [1.29, 1.82) is 0 Å². The summed E-state index contributed by atoms with van der Waals surface area (Å²) in [5.74, 6) is -0.475. The number of carbonyl (C=O) groups excluding carboxylic acids is 1. The smallest absolute Gasteiger partial charge is 0.339 e. The number of halogens is 1. The molecule has 0 spiro atoms. The van der Waals surface area contributed by atoms with Gasteiger partial charge in [-0.05, 0) is 6.07 Å². The zero-order valence-electron chi connectivity index (χ0n) is 14.5. The predicted molar refractivity (Wildman–Crippen MR) is 102 cm³/mol. The topological polar surface area (TPSA) is 94.2 Å². The highest BCUT2D eigenvalue weighted by Crippen LogP contribution is 2.24. The summed E-state index contributed by atoms with van der Waals surface area (Å²) in [6.07, 6.45) is 8.02. The van der Waals surface area contributed by atoms with E-state index in [-0.39, 0.29) is 30.6 Å². The number of ether oxygens (including phenoxy) is 1. The minimum absolute atomic E-state index is 0.136. The lowest BCUT2D eigenvalue weighted by molar-refractivity contribution is -0.521. The second kappa shape index (κ2) is 8.01. The van der Waals surface area contributed by atoms with Crippen LogP contribution >= 0.6 is 22.9 Å². The molecule has 4 heterocycles. The number of nitrogens with zero attached hydrogens (tertiary/aromatic N) is 5. The first-order valence-corrected chi connectivity index (χ1v) is 9.50. The fourth-order valence-corrected chi connectivity index (χ4v) is 3.83. The highest BCUT2D eigenvalue weighted by molar-refractivity contribution is 7.15. The lowest BCUT2D eigenvalue weighted by atomic mass is 10.3. The summed E-state index contributed by atoms with van der Waals surface area (Å²) in [7, 11) is 0. The van der Waals surface area contributed by atoms with Gasteiger partial charge >= 0.3 is 5.88 Å². The van der Waals surface area contributed by atoms with E-state index in [9.17, 15) is 9.90 Å². The van der Waals surface area contributed by atoms with E-state index in [1.807, 2.05) is 12.1 Å². The minimum atomic E-state index is -0.339. The number of thiazole rings is 1. The summed E-state index contributed by atoms with van der Waals surface area (Å²) in [4.78, 5) is 25.6. The Hall–Kier alpha value is -2.88. The molecule has 4 aromatic rings. The largest absolute Gasteiger partial charge is 0.474 e. The van der Waals surface area contributed by atoms with Crippen LogP contribution in [0.1, 0.15) is 20.9 Å². The third-order valence-corrected chi connectivity index (χ3v) is 5.14. The molecule has 0 amide bonds. The monoisotopic (exact) mass is 416 g/mol. The molecule has 0 radical (unpaired) electrons. The fraction of sp³-hybridized carbons (Fsp3) is 0.167. The van der Waals surface area contributed by atoms with Crippen LogP contribution in [0.25, 0.3) is 5.65 Å². The third kappa shape index (κ3) is 3.72. The number of ketones is 1. The summed E-state index contributed by atoms with van der Waals surface area (Å²) in [6, 6.07) is 5.44. The number of rotatable bonds is 7. The van der Waals surface area contributed by atoms with Gasteiger partial charge in [0.25, 0.3) is 11.3 Å². The number of carbonyl (C=O) groups is 1. The van der Waals surface area contributed by atoms with Crippen molar-refractivity contribution in [3.8, 4) is 5.88 Å². The number of fused-ring (bicyclic) bond motifs is 1. The fourth-order valence-electron chi connectivity index (χ4n) is 2.86. The van der Waals surface area contributed by atoms with Crippen LogP contribution in [-0.4, -0.2) is 37.0 Å². The van der Waals surface area contributed by atoms with Crippen molar-refractivity contribution in [3.63, 3.8) is 0 Å². The molecule has 0 aliphatic rings. The molecule has 4 rings (SSSR count). The van der Waals surface area contributed by atoms with Gasteiger partial charge in [0.15, 0.2) is 4.47 Å². The van der Waals surface area contributed by atoms with E-state index < -0.39 is 0 Å². The van der Waals surface area contributed by atoms with Crippen LogP contribution < -0.4 is 4.40 Å². The maximum absolute atomic E-state index is 12.9. The van der Waals surface area contributed by atoms with E-state index in [1.165, 1.54) is 17.7 Å². The molecule has 8 nitrogen and oxygen atoms in total. The Morgan fingerprint density at radius 2 is 2.11 bits per heavy atom. The number of pyridine rings is 1. The predicted octanol–water partition coefficient (Wildman–Crippen LogP) is 2.28. The second-order valence-corrected chi connectivity index (χ2v) is 7.63. The number of imidazole rings is 1. The zero-order valence-corrected chi connectivity index (χ0v) is 16.1. The lowest BCUT2D eigenvalue weighted by Gasteiger charge is -2.03. The van der Waals surface area contributed by atoms with Crippen molar-refractivity contribution in [1.82, 2.24) is 19.5 Å². The van der Waals surface area contributed by atoms with Crippen molar-refractivity contribution >= 4 is 34.4 Å². The van der Waals surface area contributed by atoms with Crippen LogP contribution in [0.3, 0.4) is 0 Å². The van der Waals surface area contributed by atoms with Crippen molar-refractivity contribution in [2.45, 2.75) is 13.2 Å². The van der Waals surface area contributed by atoms with Crippen LogP contribution in [-0.2, 0) is 17.9 Å². The quantitative estimate of drug-likeness (QED) is 0.367. The molecule has 142 valence electrons. The Morgan fingerprint density at radius 3 is 2.86 bits per heavy atom. The van der Waals surface area contributed by atoms with Gasteiger partial charge in [-0.1, -0.05) is 17.7 Å². The van der Waals surface area contributed by atoms with Gasteiger partial charge in [-0.25, -0.2) is 19.5 Å². The van der Waals surface area contributed by atoms with Gasteiger partial charge in [0.2, 0.25) is 5.78 Å². The first kappa shape index (κ1) is 18.5. The Balaban J connectivity index is 1.62. The van der Waals surface area contributed by atoms with Crippen LogP contribution in [0, 0.1) is 0 Å². The molecule has 0 atom stereocenters. The Bertz CT molecular complexity index is 1130. The molecule has 28 heavy (non-hydrogen) atoms. The number of aromatic hydroxyl groups is 1. The molecule has 1 N–H and O–H groups in total. The minimum Gasteiger partial charge on any atom is -0.474 e. The van der Waals surface area contributed by atoms with E-state index >= 15 is 0 Å². The SMILES string of the molecule is O=C(COCc1cncnc1)c1c(O)[n+]2ccccc2n1Cc1cnc(Cl)s1. The first-order valence-electron chi connectivity index (χ1n) is 8.30. The van der Waals surface area contributed by atoms with Crippen molar-refractivity contribution in [3.05, 3.63) is 69.9 Å². The van der Waals surface area contributed by atoms with E-state index in [2.05, 4.69) is 15.0 Å². The Kier molecular flexibility index (Phi) is 5.29. The third-order valence-electron chi connectivity index (χ3n) is 4.04. The summed E-state index contributed by atoms with van der Waals surface area (Å²) < 4.78 is 9.21. The Morgan fingerprint density at radius 1 is 1.29 bits per heavy atom. The molecule has 4 aromatic heterocycles. The van der Waals surface area contributed by atoms with E-state index in [0.717, 1.165) is 10.4 Å². The van der Waals surface area contributed by atoms with Crippen molar-refractivity contribution in [2.24, 2.45) is 0 Å². The molecular formula is C18H15ClN5O3S+. The molecule has 0 aromatic carbocycles. The van der Waals surface area contributed by atoms with Gasteiger partial charge in [0.05, 0.1) is 17.7 Å².